The molecule has 0 aliphatic carbocycles. The summed E-state index contributed by atoms with van der Waals surface area (Å²) in [4.78, 5) is 0. The van der Waals surface area contributed by atoms with Gasteiger partial charge >= 0.3 is 0 Å². The van der Waals surface area contributed by atoms with Crippen molar-refractivity contribution in [2.24, 2.45) is 5.73 Å². The fourth-order valence-electron chi connectivity index (χ4n) is 2.01. The van der Waals surface area contributed by atoms with Crippen LogP contribution >= 0.6 is 0 Å². The molecule has 1 atom stereocenters. The van der Waals surface area contributed by atoms with Crippen LogP contribution in [0.5, 0.6) is 5.75 Å². The molecule has 2 rings (SSSR count). The van der Waals surface area contributed by atoms with Gasteiger partial charge in [0.15, 0.2) is 0 Å². The van der Waals surface area contributed by atoms with Gasteiger partial charge in [0, 0.05) is 11.6 Å². The molecule has 0 aliphatic heterocycles. The summed E-state index contributed by atoms with van der Waals surface area (Å²) in [7, 11) is 0. The molecular weight excluding hydrogens is 240 g/mol. The van der Waals surface area contributed by atoms with Crippen LogP contribution < -0.4 is 10.5 Å². The van der Waals surface area contributed by atoms with E-state index in [1.54, 1.807) is 0 Å². The molecule has 102 valence electrons. The second-order valence-corrected chi connectivity index (χ2v) is 4.92. The smallest absolute Gasteiger partial charge is 0.140 e. The molecule has 0 radical (unpaired) electrons. The molecule has 0 fully saturated rings. The molecule has 4 nitrogen and oxygen atoms in total. The average Bonchev–Trinajstić information content (AvgIpc) is 2.68. The quantitative estimate of drug-likeness (QED) is 0.917. The predicted molar refractivity (Wildman–Crippen MR) is 74.1 cm³/mol. The highest BCUT2D eigenvalue weighted by molar-refractivity contribution is 5.39. The van der Waals surface area contributed by atoms with Crippen molar-refractivity contribution in [2.75, 3.05) is 0 Å². The topological polar surface area (TPSA) is 61.3 Å². The monoisotopic (exact) mass is 260 g/mol. The van der Waals surface area contributed by atoms with Crippen LogP contribution in [0.3, 0.4) is 0 Å². The van der Waals surface area contributed by atoms with Gasteiger partial charge in [-0.1, -0.05) is 22.9 Å². The van der Waals surface area contributed by atoms with Gasteiger partial charge < -0.3 is 15.0 Å². The third-order valence-electron chi connectivity index (χ3n) is 3.21. The lowest BCUT2D eigenvalue weighted by atomic mass is 10.1. The predicted octanol–water partition coefficient (Wildman–Crippen LogP) is 3.20. The largest absolute Gasteiger partial charge is 0.488 e. The molecule has 1 aromatic carbocycles. The van der Waals surface area contributed by atoms with Crippen molar-refractivity contribution in [3.05, 3.63) is 46.3 Å². The Morgan fingerprint density at radius 3 is 2.63 bits per heavy atom. The molecule has 0 amide bonds. The molecule has 2 N–H and O–H groups in total. The minimum absolute atomic E-state index is 0.0560. The Labute approximate surface area is 113 Å². The van der Waals surface area contributed by atoms with E-state index in [9.17, 15) is 0 Å². The fourth-order valence-corrected chi connectivity index (χ4v) is 2.01. The van der Waals surface area contributed by atoms with E-state index in [0.717, 1.165) is 28.3 Å². The van der Waals surface area contributed by atoms with Gasteiger partial charge in [0.25, 0.3) is 0 Å². The maximum atomic E-state index is 5.98. The first-order valence-corrected chi connectivity index (χ1v) is 6.39. The van der Waals surface area contributed by atoms with Crippen molar-refractivity contribution in [1.82, 2.24) is 5.16 Å². The number of nitrogens with zero attached hydrogens (tertiary/aromatic N) is 1. The van der Waals surface area contributed by atoms with Crippen molar-refractivity contribution in [3.63, 3.8) is 0 Å². The van der Waals surface area contributed by atoms with Crippen LogP contribution in [0.2, 0.25) is 0 Å². The van der Waals surface area contributed by atoms with Crippen LogP contribution in [0.25, 0.3) is 0 Å². The molecular formula is C15H20N2O2. The van der Waals surface area contributed by atoms with E-state index >= 15 is 0 Å². The van der Waals surface area contributed by atoms with Gasteiger partial charge in [-0.25, -0.2) is 0 Å². The van der Waals surface area contributed by atoms with Crippen molar-refractivity contribution in [2.45, 2.75) is 40.3 Å². The number of hydrogen-bond donors (Lipinski definition) is 1. The van der Waals surface area contributed by atoms with Crippen LogP contribution in [-0.4, -0.2) is 5.16 Å². The summed E-state index contributed by atoms with van der Waals surface area (Å²) < 4.78 is 11.0. The van der Waals surface area contributed by atoms with E-state index < -0.39 is 0 Å². The van der Waals surface area contributed by atoms with Gasteiger partial charge in [0.1, 0.15) is 18.1 Å². The summed E-state index contributed by atoms with van der Waals surface area (Å²) in [6.07, 6.45) is 0. The number of benzene rings is 1. The molecule has 0 saturated heterocycles. The van der Waals surface area contributed by atoms with Crippen LogP contribution in [0.1, 0.15) is 41.1 Å². The van der Waals surface area contributed by atoms with E-state index in [-0.39, 0.29) is 6.04 Å². The Kier molecular flexibility index (Phi) is 3.90. The zero-order chi connectivity index (χ0) is 14.0. The Hall–Kier alpha value is -1.81. The first-order valence-electron chi connectivity index (χ1n) is 6.39. The van der Waals surface area contributed by atoms with Gasteiger partial charge in [-0.2, -0.15) is 0 Å². The third-order valence-corrected chi connectivity index (χ3v) is 3.21. The van der Waals surface area contributed by atoms with Gasteiger partial charge in [0.05, 0.1) is 11.3 Å². The van der Waals surface area contributed by atoms with Crippen molar-refractivity contribution < 1.29 is 9.26 Å². The Bertz CT molecular complexity index is 554. The summed E-state index contributed by atoms with van der Waals surface area (Å²) in [5.74, 6) is 1.62. The fraction of sp³-hybridized carbons (Fsp3) is 0.400. The molecule has 0 saturated carbocycles. The van der Waals surface area contributed by atoms with Gasteiger partial charge in [-0.3, -0.25) is 0 Å². The number of aryl methyl sites for hydroxylation is 3. The summed E-state index contributed by atoms with van der Waals surface area (Å²) in [5.41, 5.74) is 10.0. The third kappa shape index (κ3) is 2.96. The number of aromatic nitrogens is 1. The SMILES string of the molecule is Cc1ccc(OCc2c(C)noc2C)c([C@H](C)N)c1. The summed E-state index contributed by atoms with van der Waals surface area (Å²) in [6.45, 7) is 8.25. The minimum atomic E-state index is -0.0560. The standard InChI is InChI=1S/C15H20N2O2/c1-9-5-6-15(13(7-9)10(2)16)18-8-14-11(3)17-19-12(14)4/h5-7,10H,8,16H2,1-4H3/t10-/m0/s1. The molecule has 2 aromatic rings. The van der Waals surface area contributed by atoms with E-state index in [2.05, 4.69) is 11.2 Å². The van der Waals surface area contributed by atoms with Gasteiger partial charge in [-0.15, -0.1) is 0 Å². The average molecular weight is 260 g/mol. The summed E-state index contributed by atoms with van der Waals surface area (Å²) in [5, 5.41) is 3.92. The van der Waals surface area contributed by atoms with Crippen molar-refractivity contribution >= 4 is 0 Å². The Balaban J connectivity index is 2.20. The maximum Gasteiger partial charge on any atom is 0.140 e. The lowest BCUT2D eigenvalue weighted by Gasteiger charge is -2.14. The maximum absolute atomic E-state index is 5.98. The number of ether oxygens (including phenoxy) is 1. The van der Waals surface area contributed by atoms with E-state index in [4.69, 9.17) is 15.0 Å². The lowest BCUT2D eigenvalue weighted by Crippen LogP contribution is -2.08. The summed E-state index contributed by atoms with van der Waals surface area (Å²) >= 11 is 0. The van der Waals surface area contributed by atoms with Crippen molar-refractivity contribution in [1.29, 1.82) is 0 Å². The Morgan fingerprint density at radius 1 is 1.32 bits per heavy atom. The molecule has 0 spiro atoms. The van der Waals surface area contributed by atoms with Gasteiger partial charge in [-0.05, 0) is 33.8 Å². The molecule has 1 heterocycles. The van der Waals surface area contributed by atoms with Crippen LogP contribution in [0, 0.1) is 20.8 Å². The second kappa shape index (κ2) is 5.45. The van der Waals surface area contributed by atoms with E-state index in [0.29, 0.717) is 6.61 Å². The van der Waals surface area contributed by atoms with Gasteiger partial charge in [0.2, 0.25) is 0 Å². The molecule has 0 unspecified atom stereocenters. The zero-order valence-corrected chi connectivity index (χ0v) is 11.9. The van der Waals surface area contributed by atoms with Crippen molar-refractivity contribution in [3.8, 4) is 5.75 Å². The zero-order valence-electron chi connectivity index (χ0n) is 11.9. The number of hydrogen-bond acceptors (Lipinski definition) is 4. The molecule has 1 aromatic heterocycles. The lowest BCUT2D eigenvalue weighted by molar-refractivity contribution is 0.297. The highest BCUT2D eigenvalue weighted by Gasteiger charge is 2.12. The van der Waals surface area contributed by atoms with Crippen LogP contribution in [-0.2, 0) is 6.61 Å². The minimum Gasteiger partial charge on any atom is -0.488 e. The number of nitrogens with two attached hydrogens (primary N) is 1. The molecule has 4 heteroatoms. The van der Waals surface area contributed by atoms with Crippen LogP contribution in [0.15, 0.2) is 22.7 Å². The first-order chi connectivity index (χ1) is 8.99. The summed E-state index contributed by atoms with van der Waals surface area (Å²) in [6, 6.07) is 5.99. The first kappa shape index (κ1) is 13.6. The van der Waals surface area contributed by atoms with Crippen LogP contribution in [0.4, 0.5) is 0 Å². The molecule has 0 aliphatic rings. The highest BCUT2D eigenvalue weighted by Crippen LogP contribution is 2.26. The Morgan fingerprint density at radius 2 is 2.05 bits per heavy atom. The highest BCUT2D eigenvalue weighted by atomic mass is 16.5. The van der Waals surface area contributed by atoms with E-state index in [1.807, 2.05) is 39.8 Å². The van der Waals surface area contributed by atoms with E-state index in [1.165, 1.54) is 5.56 Å². The normalized spacial score (nSPS) is 12.5. The second-order valence-electron chi connectivity index (χ2n) is 4.92. The molecule has 0 bridgehead atoms. The number of rotatable bonds is 4. The molecule has 19 heavy (non-hydrogen) atoms.